The van der Waals surface area contributed by atoms with Crippen LogP contribution in [-0.2, 0) is 11.3 Å². The Balaban J connectivity index is 2.23. The van der Waals surface area contributed by atoms with Crippen molar-refractivity contribution in [2.45, 2.75) is 45.3 Å². The van der Waals surface area contributed by atoms with E-state index in [4.69, 9.17) is 0 Å². The Bertz CT molecular complexity index is 416. The summed E-state index contributed by atoms with van der Waals surface area (Å²) in [4.78, 5) is 18.7. The average Bonchev–Trinajstić information content (AvgIpc) is 2.43. The van der Waals surface area contributed by atoms with E-state index in [0.29, 0.717) is 6.54 Å². The first kappa shape index (κ1) is 13.0. The molecule has 1 aliphatic heterocycles. The molecule has 1 aromatic heterocycles. The van der Waals surface area contributed by atoms with Crippen LogP contribution < -0.4 is 5.32 Å². The zero-order chi connectivity index (χ0) is 13.2. The van der Waals surface area contributed by atoms with E-state index in [9.17, 15) is 4.79 Å². The third-order valence-corrected chi connectivity index (χ3v) is 3.60. The highest BCUT2D eigenvalue weighted by atomic mass is 16.2. The molecule has 0 radical (unpaired) electrons. The third kappa shape index (κ3) is 2.70. The molecule has 1 amide bonds. The third-order valence-electron chi connectivity index (χ3n) is 3.60. The topological polar surface area (TPSA) is 45.2 Å². The molecule has 0 bridgehead atoms. The van der Waals surface area contributed by atoms with E-state index in [1.165, 1.54) is 0 Å². The predicted octanol–water partition coefficient (Wildman–Crippen LogP) is 1.57. The van der Waals surface area contributed by atoms with Crippen molar-refractivity contribution in [1.82, 2.24) is 15.2 Å². The number of carbonyl (C=O) groups excluding carboxylic acids is 1. The number of pyridine rings is 1. The van der Waals surface area contributed by atoms with Gasteiger partial charge in [-0.25, -0.2) is 0 Å². The predicted molar refractivity (Wildman–Crippen MR) is 70.9 cm³/mol. The molecule has 1 atom stereocenters. The van der Waals surface area contributed by atoms with Crippen molar-refractivity contribution in [3.8, 4) is 0 Å². The normalized spacial score (nSPS) is 23.8. The number of aromatic nitrogens is 1. The first-order valence-electron chi connectivity index (χ1n) is 6.45. The average molecular weight is 247 g/mol. The molecule has 0 saturated carbocycles. The van der Waals surface area contributed by atoms with Crippen molar-refractivity contribution in [1.29, 1.82) is 0 Å². The first-order valence-corrected chi connectivity index (χ1v) is 6.45. The fourth-order valence-corrected chi connectivity index (χ4v) is 2.29. The van der Waals surface area contributed by atoms with Crippen LogP contribution in [0.4, 0.5) is 0 Å². The molecule has 2 heterocycles. The smallest absolute Gasteiger partial charge is 0.240 e. The van der Waals surface area contributed by atoms with E-state index in [0.717, 1.165) is 18.7 Å². The summed E-state index contributed by atoms with van der Waals surface area (Å²) in [5.74, 6) is 0.156. The Labute approximate surface area is 108 Å². The molecule has 4 nitrogen and oxygen atoms in total. The van der Waals surface area contributed by atoms with Crippen molar-refractivity contribution < 1.29 is 4.79 Å². The van der Waals surface area contributed by atoms with E-state index < -0.39 is 0 Å². The molecule has 18 heavy (non-hydrogen) atoms. The Morgan fingerprint density at radius 1 is 1.50 bits per heavy atom. The SMILES string of the molecule is CC1NCCC(C)(C)N(Cc2ccccn2)C1=O. The fraction of sp³-hybridized carbons (Fsp3) is 0.571. The summed E-state index contributed by atoms with van der Waals surface area (Å²) in [5, 5.41) is 3.25. The maximum Gasteiger partial charge on any atom is 0.240 e. The molecule has 1 N–H and O–H groups in total. The largest absolute Gasteiger partial charge is 0.330 e. The Morgan fingerprint density at radius 3 is 2.94 bits per heavy atom. The molecule has 1 aliphatic rings. The number of nitrogens with one attached hydrogen (secondary N) is 1. The lowest BCUT2D eigenvalue weighted by Crippen LogP contribution is -2.49. The molecule has 4 heteroatoms. The summed E-state index contributed by atoms with van der Waals surface area (Å²) < 4.78 is 0. The van der Waals surface area contributed by atoms with Gasteiger partial charge in [-0.3, -0.25) is 9.78 Å². The molecular formula is C14H21N3O. The number of carbonyl (C=O) groups is 1. The van der Waals surface area contributed by atoms with Crippen molar-refractivity contribution in [3.05, 3.63) is 30.1 Å². The highest BCUT2D eigenvalue weighted by molar-refractivity contribution is 5.82. The van der Waals surface area contributed by atoms with Gasteiger partial charge in [-0.05, 0) is 45.9 Å². The summed E-state index contributed by atoms with van der Waals surface area (Å²) >= 11 is 0. The molecule has 0 aromatic carbocycles. The summed E-state index contributed by atoms with van der Waals surface area (Å²) in [6, 6.07) is 5.70. The van der Waals surface area contributed by atoms with Crippen LogP contribution in [0.3, 0.4) is 0 Å². The second kappa shape index (κ2) is 5.06. The first-order chi connectivity index (χ1) is 8.50. The highest BCUT2D eigenvalue weighted by Gasteiger charge is 2.35. The van der Waals surface area contributed by atoms with Crippen LogP contribution in [0.1, 0.15) is 32.9 Å². The molecular weight excluding hydrogens is 226 g/mol. The van der Waals surface area contributed by atoms with Crippen LogP contribution in [-0.4, -0.2) is 33.9 Å². The van der Waals surface area contributed by atoms with E-state index in [1.807, 2.05) is 30.0 Å². The molecule has 1 unspecified atom stereocenters. The van der Waals surface area contributed by atoms with Gasteiger partial charge in [0.2, 0.25) is 5.91 Å². The summed E-state index contributed by atoms with van der Waals surface area (Å²) in [5.41, 5.74) is 0.805. The van der Waals surface area contributed by atoms with Crippen LogP contribution in [0.5, 0.6) is 0 Å². The van der Waals surface area contributed by atoms with E-state index in [-0.39, 0.29) is 17.5 Å². The summed E-state index contributed by atoms with van der Waals surface area (Å²) in [6.07, 6.45) is 2.72. The van der Waals surface area contributed by atoms with Gasteiger partial charge in [0.25, 0.3) is 0 Å². The quantitative estimate of drug-likeness (QED) is 0.863. The monoisotopic (exact) mass is 247 g/mol. The van der Waals surface area contributed by atoms with E-state index in [2.05, 4.69) is 24.1 Å². The Hall–Kier alpha value is -1.42. The Morgan fingerprint density at radius 2 is 2.28 bits per heavy atom. The van der Waals surface area contributed by atoms with Crippen molar-refractivity contribution in [3.63, 3.8) is 0 Å². The van der Waals surface area contributed by atoms with Crippen LogP contribution in [0.25, 0.3) is 0 Å². The van der Waals surface area contributed by atoms with Gasteiger partial charge in [0, 0.05) is 11.7 Å². The molecule has 98 valence electrons. The molecule has 1 aromatic rings. The second-order valence-electron chi connectivity index (χ2n) is 5.48. The standard InChI is InChI=1S/C14H21N3O/c1-11-13(18)17(14(2,3)7-9-15-11)10-12-6-4-5-8-16-12/h4-6,8,11,15H,7,9-10H2,1-3H3. The maximum atomic E-state index is 12.4. The number of nitrogens with zero attached hydrogens (tertiary/aromatic N) is 2. The van der Waals surface area contributed by atoms with Crippen molar-refractivity contribution >= 4 is 5.91 Å². The lowest BCUT2D eigenvalue weighted by molar-refractivity contribution is -0.138. The summed E-state index contributed by atoms with van der Waals surface area (Å²) in [7, 11) is 0. The van der Waals surface area contributed by atoms with Gasteiger partial charge in [0.1, 0.15) is 0 Å². The van der Waals surface area contributed by atoms with Gasteiger partial charge in [-0.15, -0.1) is 0 Å². The fourth-order valence-electron chi connectivity index (χ4n) is 2.29. The number of hydrogen-bond acceptors (Lipinski definition) is 3. The lowest BCUT2D eigenvalue weighted by atomic mass is 9.98. The molecule has 1 fully saturated rings. The van der Waals surface area contributed by atoms with Gasteiger partial charge in [-0.1, -0.05) is 6.07 Å². The van der Waals surface area contributed by atoms with E-state index in [1.54, 1.807) is 6.20 Å². The zero-order valence-corrected chi connectivity index (χ0v) is 11.3. The zero-order valence-electron chi connectivity index (χ0n) is 11.3. The van der Waals surface area contributed by atoms with Gasteiger partial charge >= 0.3 is 0 Å². The van der Waals surface area contributed by atoms with Gasteiger partial charge in [0.05, 0.1) is 18.3 Å². The summed E-state index contributed by atoms with van der Waals surface area (Å²) in [6.45, 7) is 7.62. The van der Waals surface area contributed by atoms with Crippen LogP contribution >= 0.6 is 0 Å². The maximum absolute atomic E-state index is 12.4. The number of rotatable bonds is 2. The minimum Gasteiger partial charge on any atom is -0.330 e. The Kier molecular flexibility index (Phi) is 3.66. The highest BCUT2D eigenvalue weighted by Crippen LogP contribution is 2.24. The van der Waals surface area contributed by atoms with E-state index >= 15 is 0 Å². The van der Waals surface area contributed by atoms with Crippen LogP contribution in [0.2, 0.25) is 0 Å². The molecule has 2 rings (SSSR count). The van der Waals surface area contributed by atoms with Gasteiger partial charge in [-0.2, -0.15) is 0 Å². The van der Waals surface area contributed by atoms with Gasteiger partial charge in [0.15, 0.2) is 0 Å². The number of amides is 1. The minimum atomic E-state index is -0.133. The van der Waals surface area contributed by atoms with Crippen molar-refractivity contribution in [2.75, 3.05) is 6.54 Å². The second-order valence-corrected chi connectivity index (χ2v) is 5.48. The van der Waals surface area contributed by atoms with Gasteiger partial charge < -0.3 is 10.2 Å². The lowest BCUT2D eigenvalue weighted by Gasteiger charge is -2.37. The van der Waals surface area contributed by atoms with Crippen molar-refractivity contribution in [2.24, 2.45) is 0 Å². The molecule has 0 spiro atoms. The number of hydrogen-bond donors (Lipinski definition) is 1. The minimum absolute atomic E-state index is 0.115. The van der Waals surface area contributed by atoms with Crippen LogP contribution in [0, 0.1) is 0 Å². The molecule has 1 saturated heterocycles. The molecule has 0 aliphatic carbocycles. The van der Waals surface area contributed by atoms with Crippen LogP contribution in [0.15, 0.2) is 24.4 Å².